The van der Waals surface area contributed by atoms with Crippen LogP contribution in [0.2, 0.25) is 0 Å². The highest BCUT2D eigenvalue weighted by Gasteiger charge is 2.43. The lowest BCUT2D eigenvalue weighted by molar-refractivity contribution is -0.138. The van der Waals surface area contributed by atoms with Gasteiger partial charge in [-0.15, -0.1) is 0 Å². The van der Waals surface area contributed by atoms with Crippen LogP contribution in [-0.4, -0.2) is 45.6 Å². The predicted molar refractivity (Wildman–Crippen MR) is 103 cm³/mol. The number of aryl methyl sites for hydroxylation is 1. The van der Waals surface area contributed by atoms with Crippen molar-refractivity contribution in [3.05, 3.63) is 60.2 Å². The Morgan fingerprint density at radius 2 is 2.14 bits per heavy atom. The first kappa shape index (κ1) is 19.0. The molecule has 0 radical (unpaired) electrons. The van der Waals surface area contributed by atoms with Gasteiger partial charge in [0.25, 0.3) is 11.8 Å². The standard InChI is InChI=1S/C21H21FN4O3/c1-15-4-2-5-17(12-15)28-13-18(27)26-11-3-8-21(22,14-26)20-24-19(25-29-20)16-6-9-23-10-7-16/h2,4-7,9-10,12H,3,8,11,13-14H2,1H3. The fourth-order valence-electron chi connectivity index (χ4n) is 3.36. The molecule has 1 aliphatic rings. The highest BCUT2D eigenvalue weighted by atomic mass is 19.1. The van der Waals surface area contributed by atoms with Gasteiger partial charge in [0.2, 0.25) is 11.5 Å². The highest BCUT2D eigenvalue weighted by molar-refractivity contribution is 5.78. The average Bonchev–Trinajstić information content (AvgIpc) is 3.24. The van der Waals surface area contributed by atoms with Gasteiger partial charge < -0.3 is 14.2 Å². The van der Waals surface area contributed by atoms with E-state index in [0.29, 0.717) is 30.1 Å². The van der Waals surface area contributed by atoms with E-state index in [1.165, 1.54) is 4.90 Å². The Balaban J connectivity index is 1.43. The van der Waals surface area contributed by atoms with Gasteiger partial charge in [-0.25, -0.2) is 4.39 Å². The Bertz CT molecular complexity index is 994. The summed E-state index contributed by atoms with van der Waals surface area (Å²) in [6.07, 6.45) is 3.92. The summed E-state index contributed by atoms with van der Waals surface area (Å²) in [4.78, 5) is 22.2. The van der Waals surface area contributed by atoms with Crippen LogP contribution < -0.4 is 4.74 Å². The molecule has 0 bridgehead atoms. The molecule has 0 spiro atoms. The van der Waals surface area contributed by atoms with Crippen LogP contribution in [0, 0.1) is 6.92 Å². The normalized spacial score (nSPS) is 19.2. The molecule has 1 saturated heterocycles. The third-order valence-corrected chi connectivity index (χ3v) is 4.89. The van der Waals surface area contributed by atoms with Crippen molar-refractivity contribution in [2.75, 3.05) is 19.7 Å². The van der Waals surface area contributed by atoms with Crippen molar-refractivity contribution >= 4 is 5.91 Å². The van der Waals surface area contributed by atoms with E-state index in [-0.39, 0.29) is 31.4 Å². The zero-order chi connectivity index (χ0) is 20.3. The van der Waals surface area contributed by atoms with E-state index in [9.17, 15) is 4.79 Å². The maximum absolute atomic E-state index is 15.6. The van der Waals surface area contributed by atoms with Gasteiger partial charge in [-0.2, -0.15) is 4.98 Å². The quantitative estimate of drug-likeness (QED) is 0.658. The van der Waals surface area contributed by atoms with Crippen molar-refractivity contribution in [1.29, 1.82) is 0 Å². The van der Waals surface area contributed by atoms with Gasteiger partial charge in [0, 0.05) is 24.5 Å². The number of rotatable bonds is 5. The monoisotopic (exact) mass is 396 g/mol. The van der Waals surface area contributed by atoms with Crippen LogP contribution in [0.15, 0.2) is 53.3 Å². The summed E-state index contributed by atoms with van der Waals surface area (Å²) in [5.74, 6) is 0.523. The number of hydrogen-bond donors (Lipinski definition) is 0. The minimum absolute atomic E-state index is 0.110. The molecule has 150 valence electrons. The third-order valence-electron chi connectivity index (χ3n) is 4.89. The fraction of sp³-hybridized carbons (Fsp3) is 0.333. The number of alkyl halides is 1. The Morgan fingerprint density at radius 1 is 1.31 bits per heavy atom. The van der Waals surface area contributed by atoms with Gasteiger partial charge in [-0.3, -0.25) is 9.78 Å². The van der Waals surface area contributed by atoms with Crippen molar-refractivity contribution in [2.45, 2.75) is 25.4 Å². The van der Waals surface area contributed by atoms with Crippen molar-refractivity contribution in [2.24, 2.45) is 0 Å². The molecule has 1 atom stereocenters. The summed E-state index contributed by atoms with van der Waals surface area (Å²) >= 11 is 0. The minimum Gasteiger partial charge on any atom is -0.484 e. The molecule has 3 heterocycles. The van der Waals surface area contributed by atoms with Crippen LogP contribution in [-0.2, 0) is 10.5 Å². The van der Waals surface area contributed by atoms with Crippen molar-refractivity contribution in [3.63, 3.8) is 0 Å². The van der Waals surface area contributed by atoms with E-state index in [4.69, 9.17) is 9.26 Å². The molecule has 1 unspecified atom stereocenters. The van der Waals surface area contributed by atoms with Crippen LogP contribution in [0.25, 0.3) is 11.4 Å². The molecule has 1 aliphatic heterocycles. The first-order valence-corrected chi connectivity index (χ1v) is 9.44. The molecule has 4 rings (SSSR count). The largest absolute Gasteiger partial charge is 0.484 e. The Labute approximate surface area is 167 Å². The van der Waals surface area contributed by atoms with Gasteiger partial charge in [-0.05, 0) is 49.6 Å². The van der Waals surface area contributed by atoms with Gasteiger partial charge in [-0.1, -0.05) is 17.3 Å². The number of hydrogen-bond acceptors (Lipinski definition) is 6. The lowest BCUT2D eigenvalue weighted by Gasteiger charge is -2.35. The topological polar surface area (TPSA) is 81.4 Å². The summed E-state index contributed by atoms with van der Waals surface area (Å²) in [7, 11) is 0. The van der Waals surface area contributed by atoms with Gasteiger partial charge in [0.15, 0.2) is 6.61 Å². The minimum atomic E-state index is -1.88. The summed E-state index contributed by atoms with van der Waals surface area (Å²) in [6.45, 7) is 2.13. The molecule has 0 N–H and O–H groups in total. The van der Waals surface area contributed by atoms with Crippen LogP contribution >= 0.6 is 0 Å². The number of likely N-dealkylation sites (tertiary alicyclic amines) is 1. The maximum Gasteiger partial charge on any atom is 0.266 e. The smallest absolute Gasteiger partial charge is 0.266 e. The molecule has 7 nitrogen and oxygen atoms in total. The molecule has 29 heavy (non-hydrogen) atoms. The number of amides is 1. The van der Waals surface area contributed by atoms with E-state index in [2.05, 4.69) is 15.1 Å². The summed E-state index contributed by atoms with van der Waals surface area (Å²) in [5, 5.41) is 3.88. The molecule has 1 amide bonds. The molecule has 3 aromatic rings. The van der Waals surface area contributed by atoms with Gasteiger partial charge >= 0.3 is 0 Å². The van der Waals surface area contributed by atoms with Crippen molar-refractivity contribution in [1.82, 2.24) is 20.0 Å². The number of aromatic nitrogens is 3. The maximum atomic E-state index is 15.6. The molecular formula is C21H21FN4O3. The fourth-order valence-corrected chi connectivity index (χ4v) is 3.36. The van der Waals surface area contributed by atoms with Crippen LogP contribution in [0.5, 0.6) is 5.75 Å². The predicted octanol–water partition coefficient (Wildman–Crippen LogP) is 3.31. The van der Waals surface area contributed by atoms with E-state index < -0.39 is 5.67 Å². The average molecular weight is 396 g/mol. The summed E-state index contributed by atoms with van der Waals surface area (Å²) in [5.41, 5.74) is -0.152. The molecule has 2 aromatic heterocycles. The molecule has 0 saturated carbocycles. The van der Waals surface area contributed by atoms with E-state index in [0.717, 1.165) is 5.56 Å². The highest BCUT2D eigenvalue weighted by Crippen LogP contribution is 2.35. The Kier molecular flexibility index (Phi) is 5.24. The SMILES string of the molecule is Cc1cccc(OCC(=O)N2CCCC(F)(c3nc(-c4ccncc4)no3)C2)c1. The van der Waals surface area contributed by atoms with Crippen molar-refractivity contribution < 1.29 is 18.4 Å². The summed E-state index contributed by atoms with van der Waals surface area (Å²) < 4.78 is 26.4. The Hall–Kier alpha value is -3.29. The van der Waals surface area contributed by atoms with E-state index in [1.54, 1.807) is 30.6 Å². The lowest BCUT2D eigenvalue weighted by atomic mass is 9.94. The lowest BCUT2D eigenvalue weighted by Crippen LogP contribution is -2.48. The van der Waals surface area contributed by atoms with Crippen LogP contribution in [0.4, 0.5) is 4.39 Å². The second kappa shape index (κ2) is 7.98. The second-order valence-corrected chi connectivity index (χ2v) is 7.15. The molecular weight excluding hydrogens is 375 g/mol. The molecule has 1 aromatic carbocycles. The van der Waals surface area contributed by atoms with Crippen LogP contribution in [0.3, 0.4) is 0 Å². The zero-order valence-electron chi connectivity index (χ0n) is 16.0. The number of benzene rings is 1. The van der Waals surface area contributed by atoms with Crippen LogP contribution in [0.1, 0.15) is 24.3 Å². The summed E-state index contributed by atoms with van der Waals surface area (Å²) in [6, 6.07) is 10.9. The third kappa shape index (κ3) is 4.26. The number of carbonyl (C=O) groups excluding carboxylic acids is 1. The molecule has 1 fully saturated rings. The number of ether oxygens (including phenoxy) is 1. The Morgan fingerprint density at radius 3 is 2.93 bits per heavy atom. The van der Waals surface area contributed by atoms with Gasteiger partial charge in [0.05, 0.1) is 6.54 Å². The number of halogens is 1. The molecule has 0 aliphatic carbocycles. The van der Waals surface area contributed by atoms with E-state index >= 15 is 4.39 Å². The van der Waals surface area contributed by atoms with Gasteiger partial charge in [0.1, 0.15) is 5.75 Å². The first-order valence-electron chi connectivity index (χ1n) is 9.44. The zero-order valence-corrected chi connectivity index (χ0v) is 16.0. The number of nitrogens with zero attached hydrogens (tertiary/aromatic N) is 4. The second-order valence-electron chi connectivity index (χ2n) is 7.15. The number of piperidine rings is 1. The van der Waals surface area contributed by atoms with Crippen molar-refractivity contribution in [3.8, 4) is 17.1 Å². The van der Waals surface area contributed by atoms with E-state index in [1.807, 2.05) is 25.1 Å². The number of pyridine rings is 1. The number of carbonyl (C=O) groups is 1. The first-order chi connectivity index (χ1) is 14.0. The molecule has 8 heteroatoms.